The van der Waals surface area contributed by atoms with Crippen molar-refractivity contribution in [2.24, 2.45) is 0 Å². The number of carbonyl (C=O) groups excluding carboxylic acids is 1. The normalized spacial score (nSPS) is 18.8. The fraction of sp³-hybridized carbons (Fsp3) is 0.471. The molecule has 0 saturated carbocycles. The zero-order chi connectivity index (χ0) is 14.8. The lowest BCUT2D eigenvalue weighted by Crippen LogP contribution is -2.23. The predicted molar refractivity (Wildman–Crippen MR) is 83.1 cm³/mol. The number of benzene rings is 1. The van der Waals surface area contributed by atoms with Crippen LogP contribution in [0.3, 0.4) is 0 Å². The third-order valence-electron chi connectivity index (χ3n) is 4.61. The number of likely N-dealkylation sites (tertiary alicyclic amines) is 1. The van der Waals surface area contributed by atoms with E-state index in [1.54, 1.807) is 0 Å². The molecule has 1 aliphatic rings. The second-order valence-corrected chi connectivity index (χ2v) is 5.84. The number of fused-ring (bicyclic) bond motifs is 1. The number of hydrogen-bond donors (Lipinski definition) is 1. The molecule has 2 unspecified atom stereocenters. The molecule has 0 bridgehead atoms. The van der Waals surface area contributed by atoms with E-state index in [2.05, 4.69) is 35.0 Å². The number of nitrogens with one attached hydrogen (secondary N) is 1. The number of ether oxygens (including phenoxy) is 1. The monoisotopic (exact) mass is 286 g/mol. The van der Waals surface area contributed by atoms with Gasteiger partial charge in [0.1, 0.15) is 6.10 Å². The van der Waals surface area contributed by atoms with Gasteiger partial charge in [-0.1, -0.05) is 6.07 Å². The summed E-state index contributed by atoms with van der Waals surface area (Å²) >= 11 is 0. The average Bonchev–Trinajstić information content (AvgIpc) is 3.15. The molecule has 0 amide bonds. The molecule has 4 nitrogen and oxygen atoms in total. The highest BCUT2D eigenvalue weighted by molar-refractivity contribution is 5.84. The van der Waals surface area contributed by atoms with Crippen LogP contribution in [-0.4, -0.2) is 29.4 Å². The summed E-state index contributed by atoms with van der Waals surface area (Å²) in [6, 6.07) is 6.97. The highest BCUT2D eigenvalue weighted by Crippen LogP contribution is 2.31. The average molecular weight is 286 g/mol. The Bertz CT molecular complexity index is 629. The van der Waals surface area contributed by atoms with Crippen LogP contribution in [-0.2, 0) is 9.53 Å². The molecule has 112 valence electrons. The Morgan fingerprint density at radius 3 is 2.76 bits per heavy atom. The Hall–Kier alpha value is -1.81. The van der Waals surface area contributed by atoms with Crippen molar-refractivity contribution in [3.63, 3.8) is 0 Å². The van der Waals surface area contributed by atoms with Crippen LogP contribution in [0.25, 0.3) is 10.9 Å². The molecule has 1 aromatic heterocycles. The first-order chi connectivity index (χ1) is 10.2. The lowest BCUT2D eigenvalue weighted by Gasteiger charge is -2.24. The smallest absolute Gasteiger partial charge is 0.293 e. The number of hydrogen-bond acceptors (Lipinski definition) is 3. The van der Waals surface area contributed by atoms with Crippen LogP contribution in [0.4, 0.5) is 0 Å². The second kappa shape index (κ2) is 5.90. The van der Waals surface area contributed by atoms with E-state index < -0.39 is 0 Å². The lowest BCUT2D eigenvalue weighted by atomic mass is 10.0. The van der Waals surface area contributed by atoms with Gasteiger partial charge in [-0.25, -0.2) is 0 Å². The van der Waals surface area contributed by atoms with Gasteiger partial charge in [0.05, 0.1) is 0 Å². The van der Waals surface area contributed by atoms with Gasteiger partial charge in [0.15, 0.2) is 0 Å². The number of aromatic amines is 1. The quantitative estimate of drug-likeness (QED) is 0.855. The van der Waals surface area contributed by atoms with Crippen LogP contribution < -0.4 is 0 Å². The van der Waals surface area contributed by atoms with Crippen molar-refractivity contribution < 1.29 is 9.53 Å². The Kier molecular flexibility index (Phi) is 3.97. The predicted octanol–water partition coefficient (Wildman–Crippen LogP) is 3.56. The number of aromatic nitrogens is 1. The van der Waals surface area contributed by atoms with Gasteiger partial charge < -0.3 is 9.72 Å². The van der Waals surface area contributed by atoms with Gasteiger partial charge >= 0.3 is 0 Å². The maximum absolute atomic E-state index is 10.6. The van der Waals surface area contributed by atoms with E-state index >= 15 is 0 Å². The lowest BCUT2D eigenvalue weighted by molar-refractivity contribution is -0.133. The fourth-order valence-corrected chi connectivity index (χ4v) is 3.25. The van der Waals surface area contributed by atoms with Gasteiger partial charge in [-0.05, 0) is 57.5 Å². The first kappa shape index (κ1) is 14.1. The minimum absolute atomic E-state index is 0.228. The van der Waals surface area contributed by atoms with Gasteiger partial charge in [-0.3, -0.25) is 9.69 Å². The van der Waals surface area contributed by atoms with Gasteiger partial charge in [-0.15, -0.1) is 0 Å². The van der Waals surface area contributed by atoms with E-state index in [1.165, 1.54) is 31.5 Å². The molecule has 1 fully saturated rings. The fourth-order valence-electron chi connectivity index (χ4n) is 3.25. The standard InChI is InChI=1S/C17H22N2O2/c1-12(19-7-3-4-8-19)14-5-6-17-15(9-14)16(10-18-17)13(2)21-11-20/h5-6,9-13,18H,3-4,7-8H2,1-2H3. The molecule has 2 aromatic rings. The third kappa shape index (κ3) is 2.68. The summed E-state index contributed by atoms with van der Waals surface area (Å²) < 4.78 is 5.08. The van der Waals surface area contributed by atoms with Crippen LogP contribution >= 0.6 is 0 Å². The summed E-state index contributed by atoms with van der Waals surface area (Å²) in [6.07, 6.45) is 4.30. The highest BCUT2D eigenvalue weighted by atomic mass is 16.5. The number of nitrogens with zero attached hydrogens (tertiary/aromatic N) is 1. The van der Waals surface area contributed by atoms with Crippen LogP contribution in [0.2, 0.25) is 0 Å². The SMILES string of the molecule is CC(OC=O)c1c[nH]c2ccc(C(C)N3CCCC3)cc12. The van der Waals surface area contributed by atoms with Crippen LogP contribution in [0.15, 0.2) is 24.4 Å². The van der Waals surface area contributed by atoms with Crippen molar-refractivity contribution in [2.45, 2.75) is 38.8 Å². The van der Waals surface area contributed by atoms with E-state index in [9.17, 15) is 4.79 Å². The van der Waals surface area contributed by atoms with Gasteiger partial charge in [-0.2, -0.15) is 0 Å². The third-order valence-corrected chi connectivity index (χ3v) is 4.61. The van der Waals surface area contributed by atoms with Crippen molar-refractivity contribution in [3.8, 4) is 0 Å². The van der Waals surface area contributed by atoms with Gasteiger partial charge in [0.2, 0.25) is 0 Å². The molecule has 3 rings (SSSR count). The molecular weight excluding hydrogens is 264 g/mol. The molecule has 1 saturated heterocycles. The topological polar surface area (TPSA) is 45.3 Å². The Morgan fingerprint density at radius 1 is 1.29 bits per heavy atom. The minimum atomic E-state index is -0.228. The molecule has 1 aromatic carbocycles. The Labute approximate surface area is 125 Å². The molecule has 0 spiro atoms. The van der Waals surface area contributed by atoms with E-state index in [0.29, 0.717) is 12.5 Å². The molecule has 2 atom stereocenters. The first-order valence-electron chi connectivity index (χ1n) is 7.65. The maximum atomic E-state index is 10.6. The second-order valence-electron chi connectivity index (χ2n) is 5.84. The summed E-state index contributed by atoms with van der Waals surface area (Å²) in [4.78, 5) is 16.3. The van der Waals surface area contributed by atoms with Crippen molar-refractivity contribution in [1.29, 1.82) is 0 Å². The number of H-pyrrole nitrogens is 1. The van der Waals surface area contributed by atoms with Crippen LogP contribution in [0, 0.1) is 0 Å². The van der Waals surface area contributed by atoms with Crippen molar-refractivity contribution in [2.75, 3.05) is 13.1 Å². The summed E-state index contributed by atoms with van der Waals surface area (Å²) in [5, 5.41) is 1.15. The minimum Gasteiger partial charge on any atom is -0.460 e. The van der Waals surface area contributed by atoms with E-state index in [-0.39, 0.29) is 6.10 Å². The largest absolute Gasteiger partial charge is 0.460 e. The van der Waals surface area contributed by atoms with Crippen molar-refractivity contribution in [3.05, 3.63) is 35.5 Å². The molecule has 2 heterocycles. The van der Waals surface area contributed by atoms with E-state index in [1.807, 2.05) is 13.1 Å². The zero-order valence-corrected chi connectivity index (χ0v) is 12.6. The Balaban J connectivity index is 1.94. The molecule has 4 heteroatoms. The van der Waals surface area contributed by atoms with Crippen LogP contribution in [0.5, 0.6) is 0 Å². The molecular formula is C17H22N2O2. The zero-order valence-electron chi connectivity index (χ0n) is 12.6. The van der Waals surface area contributed by atoms with Gasteiger partial charge in [0, 0.05) is 28.7 Å². The Morgan fingerprint density at radius 2 is 2.05 bits per heavy atom. The molecule has 1 aliphatic heterocycles. The van der Waals surface area contributed by atoms with Crippen molar-refractivity contribution in [1.82, 2.24) is 9.88 Å². The number of carbonyl (C=O) groups is 1. The highest BCUT2D eigenvalue weighted by Gasteiger charge is 2.20. The molecule has 0 radical (unpaired) electrons. The number of rotatable bonds is 5. The summed E-state index contributed by atoms with van der Waals surface area (Å²) in [6.45, 7) is 7.05. The molecule has 0 aliphatic carbocycles. The summed E-state index contributed by atoms with van der Waals surface area (Å²) in [5.41, 5.74) is 3.44. The molecule has 1 N–H and O–H groups in total. The van der Waals surface area contributed by atoms with E-state index in [0.717, 1.165) is 16.5 Å². The van der Waals surface area contributed by atoms with E-state index in [4.69, 9.17) is 4.74 Å². The first-order valence-corrected chi connectivity index (χ1v) is 7.65. The maximum Gasteiger partial charge on any atom is 0.293 e. The summed E-state index contributed by atoms with van der Waals surface area (Å²) in [5.74, 6) is 0. The molecule has 21 heavy (non-hydrogen) atoms. The van der Waals surface area contributed by atoms with Crippen molar-refractivity contribution >= 4 is 17.4 Å². The summed E-state index contributed by atoms with van der Waals surface area (Å²) in [7, 11) is 0. The van der Waals surface area contributed by atoms with Crippen LogP contribution in [0.1, 0.15) is 50.0 Å². The van der Waals surface area contributed by atoms with Gasteiger partial charge in [0.25, 0.3) is 6.47 Å².